The number of benzene rings is 1. The molecule has 2 rings (SSSR count). The number of aryl methyl sites for hydroxylation is 1. The Morgan fingerprint density at radius 3 is 2.57 bits per heavy atom. The molecule has 1 aromatic carbocycles. The first-order valence-corrected chi connectivity index (χ1v) is 8.65. The van der Waals surface area contributed by atoms with Gasteiger partial charge in [0, 0.05) is 12.6 Å². The number of carbonyl (C=O) groups excluding carboxylic acids is 1. The molecular weight excluding hydrogens is 366 g/mol. The van der Waals surface area contributed by atoms with Crippen molar-refractivity contribution in [2.24, 2.45) is 5.92 Å². The Bertz CT molecular complexity index is 866. The molecule has 2 aromatic rings. The summed E-state index contributed by atoms with van der Waals surface area (Å²) in [4.78, 5) is 38.0. The van der Waals surface area contributed by atoms with E-state index < -0.39 is 22.7 Å². The maximum Gasteiger partial charge on any atom is 0.308 e. The number of ether oxygens (including phenoxy) is 1. The number of amides is 1. The quantitative estimate of drug-likeness (QED) is 0.499. The van der Waals surface area contributed by atoms with E-state index in [9.17, 15) is 24.8 Å². The van der Waals surface area contributed by atoms with Crippen LogP contribution in [0.1, 0.15) is 28.5 Å². The van der Waals surface area contributed by atoms with Crippen molar-refractivity contribution in [3.05, 3.63) is 63.5 Å². The number of carboxylic acids is 1. The molecule has 1 heterocycles. The van der Waals surface area contributed by atoms with Gasteiger partial charge in [0.25, 0.3) is 11.6 Å². The molecule has 9 heteroatoms. The Balaban J connectivity index is 2.05. The first kappa shape index (κ1) is 20.8. The van der Waals surface area contributed by atoms with Gasteiger partial charge in [-0.3, -0.25) is 24.7 Å². The molecule has 1 aromatic heterocycles. The van der Waals surface area contributed by atoms with Gasteiger partial charge in [-0.05, 0) is 38.0 Å². The molecular formula is C19H21N3O6. The van der Waals surface area contributed by atoms with E-state index in [1.165, 1.54) is 0 Å². The van der Waals surface area contributed by atoms with Gasteiger partial charge in [-0.25, -0.2) is 0 Å². The number of carboxylic acid groups (broad SMARTS) is 1. The average Bonchev–Trinajstić information content (AvgIpc) is 2.66. The summed E-state index contributed by atoms with van der Waals surface area (Å²) >= 11 is 0. The van der Waals surface area contributed by atoms with E-state index in [0.717, 1.165) is 17.8 Å². The lowest BCUT2D eigenvalue weighted by Gasteiger charge is -2.14. The number of carbonyl (C=O) groups is 2. The first-order valence-electron chi connectivity index (χ1n) is 8.65. The minimum atomic E-state index is -1.05. The summed E-state index contributed by atoms with van der Waals surface area (Å²) in [5.41, 5.74) is 0.846. The summed E-state index contributed by atoms with van der Waals surface area (Å²) in [6.07, 6.45) is 1.28. The molecule has 1 atom stereocenters. The highest BCUT2D eigenvalue weighted by Crippen LogP contribution is 2.17. The standard InChI is InChI=1S/C19H21N3O6/c1-3-28-16-6-4-13(5-7-16)8-14(19(24)25)10-21-18(23)17-9-15(22(26)27)11-20-12(17)2/h4-7,9,11,14H,3,8,10H2,1-2H3,(H,21,23)(H,24,25). The Kier molecular flexibility index (Phi) is 7.02. The van der Waals surface area contributed by atoms with Gasteiger partial charge in [-0.2, -0.15) is 0 Å². The van der Waals surface area contributed by atoms with Crippen molar-refractivity contribution in [3.8, 4) is 5.75 Å². The van der Waals surface area contributed by atoms with Gasteiger partial charge in [0.2, 0.25) is 0 Å². The van der Waals surface area contributed by atoms with Gasteiger partial charge in [-0.15, -0.1) is 0 Å². The van der Waals surface area contributed by atoms with Crippen LogP contribution in [0.2, 0.25) is 0 Å². The lowest BCUT2D eigenvalue weighted by molar-refractivity contribution is -0.385. The lowest BCUT2D eigenvalue weighted by Crippen LogP contribution is -2.34. The second kappa shape index (κ2) is 9.45. The Labute approximate surface area is 161 Å². The SMILES string of the molecule is CCOc1ccc(CC(CNC(=O)c2cc([N+](=O)[O-])cnc2C)C(=O)O)cc1. The fourth-order valence-corrected chi connectivity index (χ4v) is 2.58. The molecule has 0 aliphatic rings. The summed E-state index contributed by atoms with van der Waals surface area (Å²) in [7, 11) is 0. The highest BCUT2D eigenvalue weighted by atomic mass is 16.6. The van der Waals surface area contributed by atoms with Crippen LogP contribution in [0.25, 0.3) is 0 Å². The first-order chi connectivity index (χ1) is 13.3. The second-order valence-corrected chi connectivity index (χ2v) is 6.11. The second-order valence-electron chi connectivity index (χ2n) is 6.11. The van der Waals surface area contributed by atoms with Gasteiger partial charge >= 0.3 is 5.97 Å². The fourth-order valence-electron chi connectivity index (χ4n) is 2.58. The molecule has 0 saturated heterocycles. The minimum Gasteiger partial charge on any atom is -0.494 e. The van der Waals surface area contributed by atoms with Crippen molar-refractivity contribution >= 4 is 17.6 Å². The molecule has 0 radical (unpaired) electrons. The molecule has 0 fully saturated rings. The van der Waals surface area contributed by atoms with E-state index in [-0.39, 0.29) is 24.2 Å². The number of nitrogens with zero attached hydrogens (tertiary/aromatic N) is 2. The zero-order valence-corrected chi connectivity index (χ0v) is 15.5. The number of nitrogens with one attached hydrogen (secondary N) is 1. The highest BCUT2D eigenvalue weighted by molar-refractivity contribution is 5.96. The van der Waals surface area contributed by atoms with Gasteiger partial charge in [0.05, 0.1) is 28.7 Å². The summed E-state index contributed by atoms with van der Waals surface area (Å²) in [5, 5.41) is 22.8. The predicted octanol–water partition coefficient (Wildman–Crippen LogP) is 2.37. The van der Waals surface area contributed by atoms with Crippen LogP contribution in [-0.4, -0.2) is 40.0 Å². The van der Waals surface area contributed by atoms with Crippen LogP contribution in [0.5, 0.6) is 5.75 Å². The van der Waals surface area contributed by atoms with E-state index in [2.05, 4.69) is 10.3 Å². The van der Waals surface area contributed by atoms with Gasteiger partial charge < -0.3 is 15.2 Å². The monoisotopic (exact) mass is 387 g/mol. The molecule has 1 unspecified atom stereocenters. The van der Waals surface area contributed by atoms with Crippen LogP contribution in [0, 0.1) is 23.0 Å². The molecule has 148 valence electrons. The predicted molar refractivity (Wildman–Crippen MR) is 100 cm³/mol. The molecule has 0 spiro atoms. The van der Waals surface area contributed by atoms with E-state index in [1.54, 1.807) is 31.2 Å². The van der Waals surface area contributed by atoms with E-state index in [1.807, 2.05) is 6.92 Å². The maximum atomic E-state index is 12.4. The maximum absolute atomic E-state index is 12.4. The van der Waals surface area contributed by atoms with Crippen LogP contribution in [-0.2, 0) is 11.2 Å². The van der Waals surface area contributed by atoms with Crippen LogP contribution < -0.4 is 10.1 Å². The number of pyridine rings is 1. The summed E-state index contributed by atoms with van der Waals surface area (Å²) in [5.74, 6) is -1.82. The van der Waals surface area contributed by atoms with Crippen molar-refractivity contribution in [1.29, 1.82) is 0 Å². The molecule has 28 heavy (non-hydrogen) atoms. The Hall–Kier alpha value is -3.49. The Morgan fingerprint density at radius 1 is 1.32 bits per heavy atom. The molecule has 0 aliphatic carbocycles. The summed E-state index contributed by atoms with van der Waals surface area (Å²) in [6.45, 7) is 3.83. The third kappa shape index (κ3) is 5.50. The fraction of sp³-hybridized carbons (Fsp3) is 0.316. The number of nitro groups is 1. The summed E-state index contributed by atoms with van der Waals surface area (Å²) in [6, 6.07) is 8.19. The number of hydrogen-bond donors (Lipinski definition) is 2. The van der Waals surface area contributed by atoms with Crippen molar-refractivity contribution in [3.63, 3.8) is 0 Å². The lowest BCUT2D eigenvalue weighted by atomic mass is 9.99. The zero-order valence-electron chi connectivity index (χ0n) is 15.5. The zero-order chi connectivity index (χ0) is 20.7. The van der Waals surface area contributed by atoms with Crippen LogP contribution in [0.3, 0.4) is 0 Å². The molecule has 2 N–H and O–H groups in total. The number of aromatic nitrogens is 1. The normalized spacial score (nSPS) is 11.5. The Morgan fingerprint density at radius 2 is 2.00 bits per heavy atom. The molecule has 0 bridgehead atoms. The molecule has 0 saturated carbocycles. The smallest absolute Gasteiger partial charge is 0.308 e. The molecule has 9 nitrogen and oxygen atoms in total. The minimum absolute atomic E-state index is 0.0411. The van der Waals surface area contributed by atoms with Crippen LogP contribution in [0.4, 0.5) is 5.69 Å². The van der Waals surface area contributed by atoms with Crippen molar-refractivity contribution in [1.82, 2.24) is 10.3 Å². The largest absolute Gasteiger partial charge is 0.494 e. The number of rotatable bonds is 9. The van der Waals surface area contributed by atoms with Crippen molar-refractivity contribution in [2.75, 3.05) is 13.2 Å². The van der Waals surface area contributed by atoms with Gasteiger partial charge in [0.1, 0.15) is 11.9 Å². The van der Waals surface area contributed by atoms with Crippen LogP contribution in [0.15, 0.2) is 36.5 Å². The van der Waals surface area contributed by atoms with Gasteiger partial charge in [-0.1, -0.05) is 12.1 Å². The third-order valence-electron chi connectivity index (χ3n) is 4.10. The number of hydrogen-bond acceptors (Lipinski definition) is 6. The van der Waals surface area contributed by atoms with E-state index in [0.29, 0.717) is 18.1 Å². The van der Waals surface area contributed by atoms with E-state index >= 15 is 0 Å². The van der Waals surface area contributed by atoms with E-state index in [4.69, 9.17) is 4.74 Å². The molecule has 0 aliphatic heterocycles. The van der Waals surface area contributed by atoms with Crippen molar-refractivity contribution in [2.45, 2.75) is 20.3 Å². The summed E-state index contributed by atoms with van der Waals surface area (Å²) < 4.78 is 5.35. The number of aliphatic carboxylic acids is 1. The highest BCUT2D eigenvalue weighted by Gasteiger charge is 2.21. The van der Waals surface area contributed by atoms with Gasteiger partial charge in [0.15, 0.2) is 0 Å². The molecule has 1 amide bonds. The topological polar surface area (TPSA) is 132 Å². The third-order valence-corrected chi connectivity index (χ3v) is 4.10. The van der Waals surface area contributed by atoms with Crippen LogP contribution >= 0.6 is 0 Å². The van der Waals surface area contributed by atoms with Crippen molar-refractivity contribution < 1.29 is 24.4 Å². The average molecular weight is 387 g/mol.